The Kier molecular flexibility index (Phi) is 8.19. The molecule has 0 spiro atoms. The molecule has 7 heteroatoms. The van der Waals surface area contributed by atoms with Crippen molar-refractivity contribution in [3.63, 3.8) is 0 Å². The van der Waals surface area contributed by atoms with E-state index >= 15 is 0 Å². The second-order valence-corrected chi connectivity index (χ2v) is 9.22. The number of rotatable bonds is 7. The fourth-order valence-corrected chi connectivity index (χ4v) is 4.17. The second kappa shape index (κ2) is 12.5. The first-order chi connectivity index (χ1) is 19.2. The molecule has 39 heavy (non-hydrogen) atoms. The summed E-state index contributed by atoms with van der Waals surface area (Å²) < 4.78 is 5.23. The van der Waals surface area contributed by atoms with Crippen LogP contribution in [0.15, 0.2) is 110 Å². The smallest absolute Gasteiger partial charge is 0.119 e. The summed E-state index contributed by atoms with van der Waals surface area (Å²) in [6, 6.07) is 28.6. The number of hydrogen-bond acceptors (Lipinski definition) is 5. The van der Waals surface area contributed by atoms with E-state index in [0.717, 1.165) is 52.5 Å². The molecular formula is C32H30N6O. The average Bonchev–Trinajstić information content (AvgIpc) is 3.66. The highest BCUT2D eigenvalue weighted by atomic mass is 16.5. The van der Waals surface area contributed by atoms with Gasteiger partial charge in [0.05, 0.1) is 18.5 Å². The number of nitrogens with zero attached hydrogens (tertiary/aromatic N) is 4. The first kappa shape index (κ1) is 25.6. The minimum atomic E-state index is 0.801. The van der Waals surface area contributed by atoms with Crippen molar-refractivity contribution in [1.82, 2.24) is 30.4 Å². The normalized spacial score (nSPS) is 10.5. The van der Waals surface area contributed by atoms with Gasteiger partial charge in [0.1, 0.15) is 5.75 Å². The molecule has 0 radical (unpaired) electrons. The van der Waals surface area contributed by atoms with Gasteiger partial charge in [-0.25, -0.2) is 0 Å². The Morgan fingerprint density at radius 3 is 1.69 bits per heavy atom. The van der Waals surface area contributed by atoms with E-state index in [1.54, 1.807) is 31.9 Å². The Hall–Kier alpha value is -5.04. The summed E-state index contributed by atoms with van der Waals surface area (Å²) in [6.07, 6.45) is 8.78. The highest BCUT2D eigenvalue weighted by Crippen LogP contribution is 2.20. The number of ether oxygens (including phenoxy) is 1. The Labute approximate surface area is 228 Å². The number of hydrogen-bond donors (Lipinski definition) is 2. The third-order valence-electron chi connectivity index (χ3n) is 6.26. The van der Waals surface area contributed by atoms with E-state index in [2.05, 4.69) is 79.8 Å². The summed E-state index contributed by atoms with van der Waals surface area (Å²) in [5, 5.41) is 14.9. The maximum atomic E-state index is 5.23. The molecule has 2 N–H and O–H groups in total. The van der Waals surface area contributed by atoms with Gasteiger partial charge in [-0.15, -0.1) is 0 Å². The van der Waals surface area contributed by atoms with Crippen LogP contribution in [-0.2, 0) is 12.8 Å². The lowest BCUT2D eigenvalue weighted by Crippen LogP contribution is -1.90. The molecule has 0 saturated heterocycles. The largest absolute Gasteiger partial charge is 0.497 e. The van der Waals surface area contributed by atoms with Crippen LogP contribution in [0, 0.1) is 6.92 Å². The molecule has 0 aliphatic heterocycles. The van der Waals surface area contributed by atoms with Crippen LogP contribution < -0.4 is 4.74 Å². The van der Waals surface area contributed by atoms with Gasteiger partial charge in [0.2, 0.25) is 0 Å². The molecule has 0 saturated carbocycles. The molecule has 2 aromatic carbocycles. The fraction of sp³-hybridized carbons (Fsp3) is 0.125. The van der Waals surface area contributed by atoms with Crippen molar-refractivity contribution in [3.05, 3.63) is 138 Å². The summed E-state index contributed by atoms with van der Waals surface area (Å²) >= 11 is 0. The lowest BCUT2D eigenvalue weighted by molar-refractivity contribution is 0.414. The molecule has 0 bridgehead atoms. The van der Waals surface area contributed by atoms with Crippen molar-refractivity contribution in [3.8, 4) is 28.3 Å². The van der Waals surface area contributed by atoms with Crippen molar-refractivity contribution >= 4 is 0 Å². The Balaban J connectivity index is 0.000000158. The first-order valence-electron chi connectivity index (χ1n) is 12.7. The van der Waals surface area contributed by atoms with Crippen molar-refractivity contribution in [1.29, 1.82) is 0 Å². The van der Waals surface area contributed by atoms with E-state index in [-0.39, 0.29) is 0 Å². The number of methoxy groups -OCH3 is 1. The molecule has 0 fully saturated rings. The highest BCUT2D eigenvalue weighted by molar-refractivity contribution is 5.59. The van der Waals surface area contributed by atoms with Gasteiger partial charge in [0.25, 0.3) is 0 Å². The molecule has 0 amide bonds. The van der Waals surface area contributed by atoms with Crippen LogP contribution in [0.25, 0.3) is 22.5 Å². The van der Waals surface area contributed by atoms with Gasteiger partial charge in [-0.1, -0.05) is 42.0 Å². The summed E-state index contributed by atoms with van der Waals surface area (Å²) in [7, 11) is 1.68. The minimum absolute atomic E-state index is 0.801. The zero-order valence-corrected chi connectivity index (χ0v) is 22.0. The molecule has 0 atom stereocenters. The predicted octanol–water partition coefficient (Wildman–Crippen LogP) is 6.44. The van der Waals surface area contributed by atoms with Crippen LogP contribution in [0.3, 0.4) is 0 Å². The van der Waals surface area contributed by atoms with Gasteiger partial charge in [-0.2, -0.15) is 10.2 Å². The molecule has 4 aromatic heterocycles. The zero-order valence-electron chi connectivity index (χ0n) is 22.0. The van der Waals surface area contributed by atoms with E-state index in [1.165, 1.54) is 16.7 Å². The SMILES string of the molecule is COc1cccc(Cc2cc(-c3ccncc3)n[nH]2)c1.Cc1ccc(Cc2cc(-c3ccncc3)n[nH]2)cc1. The number of nitrogens with one attached hydrogen (secondary N) is 2. The lowest BCUT2D eigenvalue weighted by Gasteiger charge is -2.02. The highest BCUT2D eigenvalue weighted by Gasteiger charge is 2.06. The van der Waals surface area contributed by atoms with Crippen LogP contribution in [0.2, 0.25) is 0 Å². The van der Waals surface area contributed by atoms with Crippen LogP contribution in [-0.4, -0.2) is 37.5 Å². The van der Waals surface area contributed by atoms with Crippen molar-refractivity contribution in [2.24, 2.45) is 0 Å². The molecule has 4 heterocycles. The summed E-state index contributed by atoms with van der Waals surface area (Å²) in [5.74, 6) is 0.872. The topological polar surface area (TPSA) is 92.4 Å². The standard InChI is InChI=1S/C16H15N3O.C16H15N3/c1-20-15-4-2-3-12(10-15)9-14-11-16(19-18-14)13-5-7-17-8-6-13;1-12-2-4-13(5-3-12)10-15-11-16(19-18-15)14-6-8-17-9-7-14/h2-8,10-11H,9H2,1H3,(H,18,19);2-9,11H,10H2,1H3,(H,18,19). The van der Waals surface area contributed by atoms with E-state index in [4.69, 9.17) is 4.74 Å². The van der Waals surface area contributed by atoms with Gasteiger partial charge in [-0.3, -0.25) is 20.2 Å². The van der Waals surface area contributed by atoms with Gasteiger partial charge >= 0.3 is 0 Å². The zero-order chi connectivity index (χ0) is 26.9. The number of aromatic nitrogens is 6. The van der Waals surface area contributed by atoms with E-state index in [0.29, 0.717) is 0 Å². The van der Waals surface area contributed by atoms with Gasteiger partial charge in [-0.05, 0) is 66.6 Å². The minimum Gasteiger partial charge on any atom is -0.497 e. The summed E-state index contributed by atoms with van der Waals surface area (Å²) in [5.41, 5.74) is 10.0. The van der Waals surface area contributed by atoms with Crippen molar-refractivity contribution < 1.29 is 4.74 Å². The predicted molar refractivity (Wildman–Crippen MR) is 153 cm³/mol. The van der Waals surface area contributed by atoms with E-state index in [9.17, 15) is 0 Å². The lowest BCUT2D eigenvalue weighted by atomic mass is 10.1. The number of aromatic amines is 2. The summed E-state index contributed by atoms with van der Waals surface area (Å²) in [6.45, 7) is 2.10. The van der Waals surface area contributed by atoms with Crippen molar-refractivity contribution in [2.45, 2.75) is 19.8 Å². The third kappa shape index (κ3) is 7.05. The van der Waals surface area contributed by atoms with Crippen LogP contribution in [0.5, 0.6) is 5.75 Å². The molecule has 6 aromatic rings. The molecule has 6 rings (SSSR count). The molecular weight excluding hydrogens is 484 g/mol. The second-order valence-electron chi connectivity index (χ2n) is 9.22. The monoisotopic (exact) mass is 514 g/mol. The Morgan fingerprint density at radius 1 is 0.615 bits per heavy atom. The fourth-order valence-electron chi connectivity index (χ4n) is 4.17. The number of H-pyrrole nitrogens is 2. The molecule has 0 unspecified atom stereocenters. The van der Waals surface area contributed by atoms with Gasteiger partial charge in [0, 0.05) is 60.1 Å². The van der Waals surface area contributed by atoms with Gasteiger partial charge < -0.3 is 4.74 Å². The maximum Gasteiger partial charge on any atom is 0.119 e. The first-order valence-corrected chi connectivity index (χ1v) is 12.7. The average molecular weight is 515 g/mol. The van der Waals surface area contributed by atoms with Crippen molar-refractivity contribution in [2.75, 3.05) is 7.11 Å². The van der Waals surface area contributed by atoms with Gasteiger partial charge in [0.15, 0.2) is 0 Å². The molecule has 0 aliphatic rings. The Morgan fingerprint density at radius 2 is 1.15 bits per heavy atom. The van der Waals surface area contributed by atoms with Crippen LogP contribution in [0.4, 0.5) is 0 Å². The number of aryl methyl sites for hydroxylation is 1. The maximum absolute atomic E-state index is 5.23. The van der Waals surface area contributed by atoms with Crippen LogP contribution in [0.1, 0.15) is 28.1 Å². The van der Waals surface area contributed by atoms with E-state index < -0.39 is 0 Å². The Bertz CT molecular complexity index is 1590. The molecule has 194 valence electrons. The van der Waals surface area contributed by atoms with Crippen LogP contribution >= 0.6 is 0 Å². The van der Waals surface area contributed by atoms with E-state index in [1.807, 2.05) is 42.5 Å². The molecule has 7 nitrogen and oxygen atoms in total. The third-order valence-corrected chi connectivity index (χ3v) is 6.26. The number of pyridine rings is 2. The quantitative estimate of drug-likeness (QED) is 0.256. The number of benzene rings is 2. The molecule has 0 aliphatic carbocycles. The summed E-state index contributed by atoms with van der Waals surface area (Å²) in [4.78, 5) is 8.03.